The lowest BCUT2D eigenvalue weighted by molar-refractivity contribution is 0.612. The summed E-state index contributed by atoms with van der Waals surface area (Å²) in [5.74, 6) is 0.522. The van der Waals surface area contributed by atoms with Gasteiger partial charge < -0.3 is 9.88 Å². The van der Waals surface area contributed by atoms with E-state index in [1.54, 1.807) is 15.3 Å². The van der Waals surface area contributed by atoms with Crippen molar-refractivity contribution in [2.24, 2.45) is 0 Å². The highest BCUT2D eigenvalue weighted by molar-refractivity contribution is 6.01. The maximum absolute atomic E-state index is 15.4. The van der Waals surface area contributed by atoms with E-state index in [-0.39, 0.29) is 5.82 Å². The number of fused-ring (bicyclic) bond motifs is 2. The van der Waals surface area contributed by atoms with Crippen LogP contribution in [0.25, 0.3) is 33.2 Å². The van der Waals surface area contributed by atoms with Crippen molar-refractivity contribution in [1.82, 2.24) is 24.4 Å². The fourth-order valence-corrected chi connectivity index (χ4v) is 3.63. The number of benzene rings is 1. The van der Waals surface area contributed by atoms with E-state index in [1.165, 1.54) is 0 Å². The number of nitrogens with zero attached hydrogens (tertiary/aromatic N) is 4. The third-order valence-electron chi connectivity index (χ3n) is 4.93. The summed E-state index contributed by atoms with van der Waals surface area (Å²) in [6.45, 7) is 1.81. The lowest BCUT2D eigenvalue weighted by Gasteiger charge is -2.14. The molecule has 0 bridgehead atoms. The van der Waals surface area contributed by atoms with E-state index >= 15 is 4.39 Å². The SMILES string of the molecule is CNc1cc2cc(-c3c(C)c(F)c(-n4cccc4)c4[nH]ncc34)ccn2n1. The van der Waals surface area contributed by atoms with E-state index in [0.29, 0.717) is 16.8 Å². The van der Waals surface area contributed by atoms with Gasteiger partial charge in [-0.05, 0) is 47.9 Å². The topological polar surface area (TPSA) is 62.9 Å². The van der Waals surface area contributed by atoms with Crippen LogP contribution in [-0.4, -0.2) is 31.4 Å². The first kappa shape index (κ1) is 15.6. The Labute approximate surface area is 154 Å². The maximum Gasteiger partial charge on any atom is 0.152 e. The second kappa shape index (κ2) is 5.70. The van der Waals surface area contributed by atoms with Crippen LogP contribution in [-0.2, 0) is 0 Å². The maximum atomic E-state index is 15.4. The summed E-state index contributed by atoms with van der Waals surface area (Å²) >= 11 is 0. The minimum Gasteiger partial charge on any atom is -0.372 e. The summed E-state index contributed by atoms with van der Waals surface area (Å²) in [7, 11) is 1.83. The monoisotopic (exact) mass is 360 g/mol. The average molecular weight is 360 g/mol. The largest absolute Gasteiger partial charge is 0.372 e. The Hall–Kier alpha value is -3.61. The van der Waals surface area contributed by atoms with Gasteiger partial charge in [0, 0.05) is 37.1 Å². The molecule has 0 aliphatic heterocycles. The zero-order chi connectivity index (χ0) is 18.5. The van der Waals surface area contributed by atoms with Gasteiger partial charge in [0.15, 0.2) is 5.82 Å². The Balaban J connectivity index is 1.81. The summed E-state index contributed by atoms with van der Waals surface area (Å²) < 4.78 is 19.0. The van der Waals surface area contributed by atoms with E-state index in [9.17, 15) is 0 Å². The standard InChI is InChI=1S/C20H17FN6/c1-12-17(13-5-8-27-14(9-13)10-16(22-2)25-27)15-11-23-24-19(15)20(18(12)21)26-6-3-4-7-26/h3-11H,1-2H3,(H,22,25)(H,23,24). The van der Waals surface area contributed by atoms with Crippen LogP contribution in [0.5, 0.6) is 0 Å². The molecule has 0 radical (unpaired) electrons. The Morgan fingerprint density at radius 2 is 1.96 bits per heavy atom. The van der Waals surface area contributed by atoms with Crippen molar-refractivity contribution in [1.29, 1.82) is 0 Å². The smallest absolute Gasteiger partial charge is 0.152 e. The molecule has 0 fully saturated rings. The Kier molecular flexibility index (Phi) is 3.30. The minimum atomic E-state index is -0.262. The van der Waals surface area contributed by atoms with Gasteiger partial charge in [0.25, 0.3) is 0 Å². The second-order valence-corrected chi connectivity index (χ2v) is 6.48. The summed E-state index contributed by atoms with van der Waals surface area (Å²) in [6.07, 6.45) is 7.29. The molecule has 0 spiro atoms. The normalized spacial score (nSPS) is 11.5. The van der Waals surface area contributed by atoms with Crippen LogP contribution >= 0.6 is 0 Å². The fourth-order valence-electron chi connectivity index (χ4n) is 3.63. The Bertz CT molecular complexity index is 1280. The summed E-state index contributed by atoms with van der Waals surface area (Å²) in [4.78, 5) is 0. The van der Waals surface area contributed by atoms with Gasteiger partial charge in [0.1, 0.15) is 11.5 Å². The molecule has 0 atom stereocenters. The molecule has 5 aromatic rings. The third kappa shape index (κ3) is 2.25. The molecular weight excluding hydrogens is 343 g/mol. The molecule has 0 unspecified atom stereocenters. The molecule has 4 heterocycles. The van der Waals surface area contributed by atoms with E-state index in [1.807, 2.05) is 62.9 Å². The fraction of sp³-hybridized carbons (Fsp3) is 0.100. The van der Waals surface area contributed by atoms with E-state index < -0.39 is 0 Å². The van der Waals surface area contributed by atoms with Crippen LogP contribution in [0.15, 0.2) is 55.1 Å². The predicted octanol–water partition coefficient (Wildman–Crippen LogP) is 4.16. The van der Waals surface area contributed by atoms with Gasteiger partial charge in [-0.25, -0.2) is 8.91 Å². The lowest BCUT2D eigenvalue weighted by Crippen LogP contribution is -2.01. The molecular formula is C20H17FN6. The van der Waals surface area contributed by atoms with Gasteiger partial charge in [0.2, 0.25) is 0 Å². The van der Waals surface area contributed by atoms with Crippen molar-refractivity contribution in [2.75, 3.05) is 12.4 Å². The van der Waals surface area contributed by atoms with Gasteiger partial charge in [-0.15, -0.1) is 0 Å². The van der Waals surface area contributed by atoms with Crippen LogP contribution in [0.2, 0.25) is 0 Å². The second-order valence-electron chi connectivity index (χ2n) is 6.48. The number of rotatable bonds is 3. The number of pyridine rings is 1. The number of hydrogen-bond acceptors (Lipinski definition) is 3. The van der Waals surface area contributed by atoms with Crippen molar-refractivity contribution in [3.63, 3.8) is 0 Å². The molecule has 0 aliphatic rings. The molecule has 2 N–H and O–H groups in total. The molecule has 4 aromatic heterocycles. The van der Waals surface area contributed by atoms with Crippen LogP contribution in [0.1, 0.15) is 5.56 Å². The van der Waals surface area contributed by atoms with Gasteiger partial charge in [-0.3, -0.25) is 5.10 Å². The predicted molar refractivity (Wildman–Crippen MR) is 104 cm³/mol. The van der Waals surface area contributed by atoms with Crippen LogP contribution < -0.4 is 5.32 Å². The van der Waals surface area contributed by atoms with Crippen LogP contribution in [0.4, 0.5) is 10.2 Å². The van der Waals surface area contributed by atoms with Crippen molar-refractivity contribution in [3.8, 4) is 16.8 Å². The number of aromatic amines is 1. The molecule has 7 heteroatoms. The van der Waals surface area contributed by atoms with Crippen molar-refractivity contribution >= 4 is 22.2 Å². The molecule has 1 aromatic carbocycles. The number of nitrogens with one attached hydrogen (secondary N) is 2. The Morgan fingerprint density at radius 3 is 2.74 bits per heavy atom. The molecule has 0 aliphatic carbocycles. The highest BCUT2D eigenvalue weighted by Gasteiger charge is 2.20. The van der Waals surface area contributed by atoms with Crippen molar-refractivity contribution < 1.29 is 4.39 Å². The molecule has 27 heavy (non-hydrogen) atoms. The van der Waals surface area contributed by atoms with Gasteiger partial charge >= 0.3 is 0 Å². The van der Waals surface area contributed by atoms with Gasteiger partial charge in [-0.1, -0.05) is 0 Å². The zero-order valence-electron chi connectivity index (χ0n) is 14.9. The highest BCUT2D eigenvalue weighted by Crippen LogP contribution is 2.37. The summed E-state index contributed by atoms with van der Waals surface area (Å²) in [5.41, 5.74) is 4.44. The minimum absolute atomic E-state index is 0.262. The van der Waals surface area contributed by atoms with Gasteiger partial charge in [-0.2, -0.15) is 10.2 Å². The number of aromatic nitrogens is 5. The van der Waals surface area contributed by atoms with Gasteiger partial charge in [0.05, 0.1) is 17.2 Å². The first-order valence-electron chi connectivity index (χ1n) is 8.63. The molecule has 0 saturated carbocycles. The van der Waals surface area contributed by atoms with Crippen molar-refractivity contribution in [3.05, 3.63) is 66.5 Å². The zero-order valence-corrected chi connectivity index (χ0v) is 14.9. The quantitative estimate of drug-likeness (QED) is 0.508. The highest BCUT2D eigenvalue weighted by atomic mass is 19.1. The molecule has 0 saturated heterocycles. The number of halogens is 1. The number of anilines is 1. The third-order valence-corrected chi connectivity index (χ3v) is 4.93. The number of hydrogen-bond donors (Lipinski definition) is 2. The molecule has 6 nitrogen and oxygen atoms in total. The Morgan fingerprint density at radius 1 is 1.15 bits per heavy atom. The number of H-pyrrole nitrogens is 1. The summed E-state index contributed by atoms with van der Waals surface area (Å²) in [5, 5.41) is 15.5. The van der Waals surface area contributed by atoms with E-state index in [0.717, 1.165) is 27.8 Å². The first-order valence-corrected chi connectivity index (χ1v) is 8.63. The average Bonchev–Trinajstić information content (AvgIpc) is 3.42. The van der Waals surface area contributed by atoms with E-state index in [2.05, 4.69) is 20.6 Å². The lowest BCUT2D eigenvalue weighted by atomic mass is 9.95. The summed E-state index contributed by atoms with van der Waals surface area (Å²) in [6, 6.07) is 9.66. The van der Waals surface area contributed by atoms with Crippen LogP contribution in [0, 0.1) is 12.7 Å². The molecule has 5 rings (SSSR count). The first-order chi connectivity index (χ1) is 13.2. The van der Waals surface area contributed by atoms with Crippen LogP contribution in [0.3, 0.4) is 0 Å². The van der Waals surface area contributed by atoms with Crippen molar-refractivity contribution in [2.45, 2.75) is 6.92 Å². The van der Waals surface area contributed by atoms with E-state index in [4.69, 9.17) is 0 Å². The molecule has 134 valence electrons. The molecule has 0 amide bonds.